The fourth-order valence-electron chi connectivity index (χ4n) is 2.54. The van der Waals surface area contributed by atoms with Crippen LogP contribution >= 0.6 is 0 Å². The van der Waals surface area contributed by atoms with Crippen molar-refractivity contribution >= 4 is 16.8 Å². The summed E-state index contributed by atoms with van der Waals surface area (Å²) in [5.74, 6) is -0.0539. The van der Waals surface area contributed by atoms with Crippen LogP contribution in [0.5, 0.6) is 0 Å². The van der Waals surface area contributed by atoms with Gasteiger partial charge in [-0.1, -0.05) is 19.4 Å². The monoisotopic (exact) mass is 302 g/mol. The number of ether oxygens (including phenoxy) is 1. The lowest BCUT2D eigenvalue weighted by Gasteiger charge is -2.04. The summed E-state index contributed by atoms with van der Waals surface area (Å²) in [4.78, 5) is 15.4. The van der Waals surface area contributed by atoms with Gasteiger partial charge < -0.3 is 15.0 Å². The Balaban J connectivity index is 1.84. The first-order chi connectivity index (χ1) is 10.6. The number of unbranched alkanes of at least 4 members (excludes halogenated alkanes) is 1. The number of carbonyl (C=O) groups is 1. The van der Waals surface area contributed by atoms with Crippen molar-refractivity contribution in [2.45, 2.75) is 40.0 Å². The van der Waals surface area contributed by atoms with Gasteiger partial charge in [0, 0.05) is 30.7 Å². The maximum Gasteiger partial charge on any atom is 0.267 e. The summed E-state index contributed by atoms with van der Waals surface area (Å²) in [6.45, 7) is 8.42. The van der Waals surface area contributed by atoms with Crippen LogP contribution < -0.4 is 5.32 Å². The summed E-state index contributed by atoms with van der Waals surface area (Å²) in [5, 5.41) is 4.04. The van der Waals surface area contributed by atoms with Gasteiger partial charge in [-0.15, -0.1) is 0 Å². The molecule has 2 rings (SSSR count). The minimum absolute atomic E-state index is 0.0539. The highest BCUT2D eigenvalue weighted by atomic mass is 16.5. The van der Waals surface area contributed by atoms with Crippen LogP contribution in [0.25, 0.3) is 10.9 Å². The Kier molecular flexibility index (Phi) is 6.01. The number of H-pyrrole nitrogens is 1. The van der Waals surface area contributed by atoms with Crippen molar-refractivity contribution in [2.75, 3.05) is 19.8 Å². The van der Waals surface area contributed by atoms with Crippen molar-refractivity contribution in [1.29, 1.82) is 0 Å². The molecule has 0 aliphatic heterocycles. The number of aromatic nitrogens is 1. The summed E-state index contributed by atoms with van der Waals surface area (Å²) in [5.41, 5.74) is 4.03. The third kappa shape index (κ3) is 4.34. The maximum absolute atomic E-state index is 12.2. The van der Waals surface area contributed by atoms with Crippen LogP contribution in [-0.2, 0) is 4.74 Å². The summed E-state index contributed by atoms with van der Waals surface area (Å²) in [6, 6.07) is 6.13. The molecule has 0 aliphatic rings. The Morgan fingerprint density at radius 2 is 1.95 bits per heavy atom. The lowest BCUT2D eigenvalue weighted by Crippen LogP contribution is -2.25. The van der Waals surface area contributed by atoms with Crippen LogP contribution in [0.4, 0.5) is 0 Å². The molecule has 0 bridgehead atoms. The zero-order valence-corrected chi connectivity index (χ0v) is 13.8. The zero-order chi connectivity index (χ0) is 15.9. The molecular formula is C18H26N2O2. The minimum Gasteiger partial charge on any atom is -0.381 e. The lowest BCUT2D eigenvalue weighted by molar-refractivity contribution is 0.0936. The van der Waals surface area contributed by atoms with E-state index in [9.17, 15) is 4.79 Å². The number of benzene rings is 1. The zero-order valence-electron chi connectivity index (χ0n) is 13.8. The number of aromatic amines is 1. The molecule has 4 heteroatoms. The highest BCUT2D eigenvalue weighted by molar-refractivity contribution is 5.98. The molecule has 4 nitrogen and oxygen atoms in total. The van der Waals surface area contributed by atoms with E-state index in [-0.39, 0.29) is 5.91 Å². The first kappa shape index (κ1) is 16.6. The molecule has 0 fully saturated rings. The predicted molar refractivity (Wildman–Crippen MR) is 90.4 cm³/mol. The lowest BCUT2D eigenvalue weighted by atomic mass is 10.1. The van der Waals surface area contributed by atoms with E-state index in [1.165, 1.54) is 11.1 Å². The molecule has 0 saturated heterocycles. The normalized spacial score (nSPS) is 11.0. The molecular weight excluding hydrogens is 276 g/mol. The van der Waals surface area contributed by atoms with Gasteiger partial charge in [-0.2, -0.15) is 0 Å². The fraction of sp³-hybridized carbons (Fsp3) is 0.500. The summed E-state index contributed by atoms with van der Waals surface area (Å²) < 4.78 is 5.48. The maximum atomic E-state index is 12.2. The average Bonchev–Trinajstić information content (AvgIpc) is 2.90. The van der Waals surface area contributed by atoms with Crippen LogP contribution in [0.1, 0.15) is 47.8 Å². The van der Waals surface area contributed by atoms with Gasteiger partial charge in [0.25, 0.3) is 5.91 Å². The topological polar surface area (TPSA) is 54.1 Å². The third-order valence-electron chi connectivity index (χ3n) is 3.73. The first-order valence-electron chi connectivity index (χ1n) is 8.07. The van der Waals surface area contributed by atoms with Crippen molar-refractivity contribution in [3.63, 3.8) is 0 Å². The summed E-state index contributed by atoms with van der Waals surface area (Å²) in [6.07, 6.45) is 3.09. The van der Waals surface area contributed by atoms with Crippen molar-refractivity contribution in [1.82, 2.24) is 10.3 Å². The molecule has 0 aliphatic carbocycles. The molecule has 1 heterocycles. The van der Waals surface area contributed by atoms with Crippen molar-refractivity contribution in [2.24, 2.45) is 0 Å². The number of aryl methyl sites for hydroxylation is 2. The molecule has 1 amide bonds. The van der Waals surface area contributed by atoms with E-state index >= 15 is 0 Å². The molecule has 1 aromatic carbocycles. The van der Waals surface area contributed by atoms with Crippen LogP contribution in [0.3, 0.4) is 0 Å². The van der Waals surface area contributed by atoms with E-state index in [1.54, 1.807) is 0 Å². The molecule has 0 radical (unpaired) electrons. The van der Waals surface area contributed by atoms with Crippen LogP contribution in [0.2, 0.25) is 0 Å². The summed E-state index contributed by atoms with van der Waals surface area (Å²) in [7, 11) is 0. The second kappa shape index (κ2) is 7.99. The second-order valence-corrected chi connectivity index (χ2v) is 5.80. The Morgan fingerprint density at radius 1 is 1.18 bits per heavy atom. The number of hydrogen-bond donors (Lipinski definition) is 2. The van der Waals surface area contributed by atoms with E-state index in [1.807, 2.05) is 6.07 Å². The van der Waals surface area contributed by atoms with Gasteiger partial charge in [-0.3, -0.25) is 4.79 Å². The van der Waals surface area contributed by atoms with Crippen molar-refractivity contribution in [3.05, 3.63) is 35.0 Å². The molecule has 2 N–H and O–H groups in total. The van der Waals surface area contributed by atoms with Gasteiger partial charge >= 0.3 is 0 Å². The quantitative estimate of drug-likeness (QED) is 0.730. The van der Waals surface area contributed by atoms with E-state index in [2.05, 4.69) is 43.2 Å². The Labute approximate surface area is 132 Å². The van der Waals surface area contributed by atoms with E-state index in [4.69, 9.17) is 4.74 Å². The molecule has 2 aromatic rings. The smallest absolute Gasteiger partial charge is 0.267 e. The number of carbonyl (C=O) groups excluding carboxylic acids is 1. The molecule has 22 heavy (non-hydrogen) atoms. The largest absolute Gasteiger partial charge is 0.381 e. The van der Waals surface area contributed by atoms with Gasteiger partial charge in [-0.05, 0) is 49.9 Å². The first-order valence-corrected chi connectivity index (χ1v) is 8.07. The van der Waals surface area contributed by atoms with Crippen molar-refractivity contribution < 1.29 is 9.53 Å². The van der Waals surface area contributed by atoms with E-state index in [0.717, 1.165) is 36.8 Å². The Hall–Kier alpha value is -1.81. The SMILES string of the molecule is CCCCOCCCNC(=O)c1cc2c(C)cc(C)cc2[nH]1. The van der Waals surface area contributed by atoms with Crippen LogP contribution in [-0.4, -0.2) is 30.6 Å². The highest BCUT2D eigenvalue weighted by Gasteiger charge is 2.10. The second-order valence-electron chi connectivity index (χ2n) is 5.80. The number of rotatable bonds is 8. The molecule has 0 spiro atoms. The molecule has 0 atom stereocenters. The standard InChI is InChI=1S/C18H26N2O2/c1-4-5-8-22-9-6-7-19-18(21)17-12-15-14(3)10-13(2)11-16(15)20-17/h10-12,20H,4-9H2,1-3H3,(H,19,21). The molecule has 0 unspecified atom stereocenters. The van der Waals surface area contributed by atoms with Gasteiger partial charge in [-0.25, -0.2) is 0 Å². The average molecular weight is 302 g/mol. The fourth-order valence-corrected chi connectivity index (χ4v) is 2.54. The van der Waals surface area contributed by atoms with Crippen molar-refractivity contribution in [3.8, 4) is 0 Å². The predicted octanol–water partition coefficient (Wildman–Crippen LogP) is 3.72. The van der Waals surface area contributed by atoms with E-state index in [0.29, 0.717) is 18.8 Å². The summed E-state index contributed by atoms with van der Waals surface area (Å²) >= 11 is 0. The highest BCUT2D eigenvalue weighted by Crippen LogP contribution is 2.21. The van der Waals surface area contributed by atoms with Gasteiger partial charge in [0.05, 0.1) is 0 Å². The van der Waals surface area contributed by atoms with Crippen LogP contribution in [0, 0.1) is 13.8 Å². The molecule has 120 valence electrons. The number of nitrogens with one attached hydrogen (secondary N) is 2. The number of amides is 1. The van der Waals surface area contributed by atoms with Gasteiger partial charge in [0.2, 0.25) is 0 Å². The van der Waals surface area contributed by atoms with E-state index < -0.39 is 0 Å². The molecule has 0 saturated carbocycles. The minimum atomic E-state index is -0.0539. The van der Waals surface area contributed by atoms with Crippen LogP contribution in [0.15, 0.2) is 18.2 Å². The van der Waals surface area contributed by atoms with Gasteiger partial charge in [0.1, 0.15) is 5.69 Å². The molecule has 1 aromatic heterocycles. The third-order valence-corrected chi connectivity index (χ3v) is 3.73. The Morgan fingerprint density at radius 3 is 2.73 bits per heavy atom. The Bertz CT molecular complexity index is 631. The van der Waals surface area contributed by atoms with Gasteiger partial charge in [0.15, 0.2) is 0 Å². The number of hydrogen-bond acceptors (Lipinski definition) is 2. The number of fused-ring (bicyclic) bond motifs is 1.